The predicted molar refractivity (Wildman–Crippen MR) is 80.7 cm³/mol. The third-order valence-corrected chi connectivity index (χ3v) is 4.42. The summed E-state index contributed by atoms with van der Waals surface area (Å²) in [5, 5.41) is 19.8. The zero-order valence-corrected chi connectivity index (χ0v) is 13.0. The minimum absolute atomic E-state index is 0.0389. The first-order valence-electron chi connectivity index (χ1n) is 6.52. The van der Waals surface area contributed by atoms with Crippen LogP contribution >= 0.6 is 11.8 Å². The van der Waals surface area contributed by atoms with Crippen molar-refractivity contribution in [2.75, 3.05) is 0 Å². The molecule has 22 heavy (non-hydrogen) atoms. The SMILES string of the molecule is Cc1nc2cc(C(C)Sc3nncn3C)cc([N+](=O)[O-])c2o1. The number of thioether (sulfide) groups is 1. The van der Waals surface area contributed by atoms with Gasteiger partial charge in [0.05, 0.1) is 4.92 Å². The van der Waals surface area contributed by atoms with Gasteiger partial charge in [-0.15, -0.1) is 10.2 Å². The summed E-state index contributed by atoms with van der Waals surface area (Å²) in [6, 6.07) is 3.34. The van der Waals surface area contributed by atoms with Gasteiger partial charge in [0.1, 0.15) is 11.8 Å². The van der Waals surface area contributed by atoms with Crippen LogP contribution in [0.15, 0.2) is 28.0 Å². The molecule has 0 aliphatic carbocycles. The summed E-state index contributed by atoms with van der Waals surface area (Å²) >= 11 is 1.47. The van der Waals surface area contributed by atoms with Crippen LogP contribution in [-0.4, -0.2) is 24.7 Å². The molecular formula is C13H13N5O3S. The third kappa shape index (κ3) is 2.54. The van der Waals surface area contributed by atoms with Gasteiger partial charge in [0.15, 0.2) is 11.0 Å². The highest BCUT2D eigenvalue weighted by Crippen LogP contribution is 2.37. The molecule has 0 N–H and O–H groups in total. The van der Waals surface area contributed by atoms with Crippen molar-refractivity contribution in [3.05, 3.63) is 40.0 Å². The number of nitrogens with zero attached hydrogens (tertiary/aromatic N) is 5. The molecule has 2 aromatic heterocycles. The Morgan fingerprint density at radius 3 is 2.86 bits per heavy atom. The number of hydrogen-bond donors (Lipinski definition) is 0. The van der Waals surface area contributed by atoms with Gasteiger partial charge in [-0.2, -0.15) is 0 Å². The van der Waals surface area contributed by atoms with Crippen LogP contribution in [0.5, 0.6) is 0 Å². The molecule has 1 unspecified atom stereocenters. The lowest BCUT2D eigenvalue weighted by Crippen LogP contribution is -1.96. The van der Waals surface area contributed by atoms with Crippen LogP contribution in [0.25, 0.3) is 11.1 Å². The van der Waals surface area contributed by atoms with E-state index in [1.54, 1.807) is 17.8 Å². The average Bonchev–Trinajstić information content (AvgIpc) is 3.02. The Hall–Kier alpha value is -2.42. The summed E-state index contributed by atoms with van der Waals surface area (Å²) in [6.07, 6.45) is 1.61. The maximum Gasteiger partial charge on any atom is 0.314 e. The summed E-state index contributed by atoms with van der Waals surface area (Å²) in [7, 11) is 1.85. The van der Waals surface area contributed by atoms with E-state index in [2.05, 4.69) is 15.2 Å². The molecule has 0 radical (unpaired) electrons. The highest BCUT2D eigenvalue weighted by atomic mass is 32.2. The lowest BCUT2D eigenvalue weighted by molar-refractivity contribution is -0.383. The van der Waals surface area contributed by atoms with E-state index in [0.29, 0.717) is 11.4 Å². The van der Waals surface area contributed by atoms with Crippen LogP contribution in [0, 0.1) is 17.0 Å². The van der Waals surface area contributed by atoms with Gasteiger partial charge in [-0.25, -0.2) is 4.98 Å². The van der Waals surface area contributed by atoms with E-state index in [9.17, 15) is 10.1 Å². The molecule has 0 saturated carbocycles. The Bertz CT molecular complexity index is 857. The number of rotatable bonds is 4. The van der Waals surface area contributed by atoms with Crippen molar-refractivity contribution >= 4 is 28.5 Å². The minimum atomic E-state index is -0.448. The standard InChI is InChI=1S/C13H13N5O3S/c1-7(22-13-16-14-6-17(13)3)9-4-10-12(21-8(2)15-10)11(5-9)18(19)20/h4-7H,1-3H3. The van der Waals surface area contributed by atoms with E-state index < -0.39 is 4.92 Å². The summed E-state index contributed by atoms with van der Waals surface area (Å²) < 4.78 is 7.13. The highest BCUT2D eigenvalue weighted by Gasteiger charge is 2.22. The Kier molecular flexibility index (Phi) is 3.57. The molecule has 0 saturated heterocycles. The molecule has 9 heteroatoms. The quantitative estimate of drug-likeness (QED) is 0.414. The van der Waals surface area contributed by atoms with E-state index in [4.69, 9.17) is 4.42 Å². The van der Waals surface area contributed by atoms with E-state index in [-0.39, 0.29) is 16.5 Å². The van der Waals surface area contributed by atoms with Crippen LogP contribution in [-0.2, 0) is 7.05 Å². The molecule has 3 rings (SSSR count). The van der Waals surface area contributed by atoms with Crippen LogP contribution in [0.3, 0.4) is 0 Å². The highest BCUT2D eigenvalue weighted by molar-refractivity contribution is 7.99. The van der Waals surface area contributed by atoms with Crippen LogP contribution < -0.4 is 0 Å². The fourth-order valence-corrected chi connectivity index (χ4v) is 3.02. The maximum atomic E-state index is 11.3. The smallest absolute Gasteiger partial charge is 0.314 e. The fourth-order valence-electron chi connectivity index (χ4n) is 2.12. The maximum absolute atomic E-state index is 11.3. The first kappa shape index (κ1) is 14.5. The molecule has 114 valence electrons. The van der Waals surface area contributed by atoms with E-state index in [0.717, 1.165) is 10.7 Å². The number of non-ortho nitro benzene ring substituents is 1. The number of nitro benzene ring substituents is 1. The lowest BCUT2D eigenvalue weighted by atomic mass is 10.1. The summed E-state index contributed by atoms with van der Waals surface area (Å²) in [4.78, 5) is 15.0. The molecule has 0 aliphatic heterocycles. The summed E-state index contributed by atoms with van der Waals surface area (Å²) in [5.41, 5.74) is 1.42. The molecule has 1 atom stereocenters. The van der Waals surface area contributed by atoms with Crippen LogP contribution in [0.2, 0.25) is 0 Å². The molecule has 0 aliphatic rings. The number of fused-ring (bicyclic) bond motifs is 1. The second kappa shape index (κ2) is 5.41. The first-order chi connectivity index (χ1) is 10.5. The Morgan fingerprint density at radius 2 is 2.23 bits per heavy atom. The first-order valence-corrected chi connectivity index (χ1v) is 7.40. The Morgan fingerprint density at radius 1 is 1.45 bits per heavy atom. The van der Waals surface area contributed by atoms with Gasteiger partial charge in [-0.05, 0) is 18.6 Å². The molecule has 1 aromatic carbocycles. The molecule has 0 bridgehead atoms. The van der Waals surface area contributed by atoms with Crippen LogP contribution in [0.1, 0.15) is 23.6 Å². The molecule has 0 spiro atoms. The molecular weight excluding hydrogens is 306 g/mol. The average molecular weight is 319 g/mol. The van der Waals surface area contributed by atoms with Crippen molar-refractivity contribution in [3.8, 4) is 0 Å². The second-order valence-corrected chi connectivity index (χ2v) is 6.17. The van der Waals surface area contributed by atoms with Gasteiger partial charge in [-0.1, -0.05) is 11.8 Å². The van der Waals surface area contributed by atoms with Gasteiger partial charge in [0, 0.05) is 25.3 Å². The molecule has 2 heterocycles. The number of nitro groups is 1. The second-order valence-electron chi connectivity index (χ2n) is 4.86. The van der Waals surface area contributed by atoms with Gasteiger partial charge >= 0.3 is 5.69 Å². The topological polar surface area (TPSA) is 99.9 Å². The Balaban J connectivity index is 2.03. The predicted octanol–water partition coefficient (Wildman–Crippen LogP) is 3.03. The van der Waals surface area contributed by atoms with Gasteiger partial charge in [0.25, 0.3) is 0 Å². The monoisotopic (exact) mass is 319 g/mol. The number of hydrogen-bond acceptors (Lipinski definition) is 7. The fraction of sp³-hybridized carbons (Fsp3) is 0.308. The molecule has 0 amide bonds. The minimum Gasteiger partial charge on any atom is -0.434 e. The zero-order valence-electron chi connectivity index (χ0n) is 12.2. The number of aromatic nitrogens is 4. The summed E-state index contributed by atoms with van der Waals surface area (Å²) in [5.74, 6) is 0.406. The van der Waals surface area contributed by atoms with Crippen LogP contribution in [0.4, 0.5) is 5.69 Å². The molecule has 0 fully saturated rings. The van der Waals surface area contributed by atoms with E-state index >= 15 is 0 Å². The van der Waals surface area contributed by atoms with Gasteiger partial charge in [-0.3, -0.25) is 10.1 Å². The molecule has 3 aromatic rings. The number of aryl methyl sites for hydroxylation is 2. The van der Waals surface area contributed by atoms with Gasteiger partial charge < -0.3 is 8.98 Å². The summed E-state index contributed by atoms with van der Waals surface area (Å²) in [6.45, 7) is 3.62. The van der Waals surface area contributed by atoms with Crippen molar-refractivity contribution in [2.24, 2.45) is 7.05 Å². The largest absolute Gasteiger partial charge is 0.434 e. The van der Waals surface area contributed by atoms with Crippen molar-refractivity contribution in [3.63, 3.8) is 0 Å². The Labute approximate surface area is 129 Å². The van der Waals surface area contributed by atoms with Crippen molar-refractivity contribution in [1.29, 1.82) is 0 Å². The number of benzene rings is 1. The third-order valence-electron chi connectivity index (χ3n) is 3.22. The number of oxazole rings is 1. The van der Waals surface area contributed by atoms with E-state index in [1.165, 1.54) is 17.8 Å². The van der Waals surface area contributed by atoms with E-state index in [1.807, 2.05) is 20.0 Å². The van der Waals surface area contributed by atoms with Gasteiger partial charge in [0.2, 0.25) is 5.58 Å². The molecule has 8 nitrogen and oxygen atoms in total. The van der Waals surface area contributed by atoms with Crippen molar-refractivity contribution in [1.82, 2.24) is 19.7 Å². The van der Waals surface area contributed by atoms with Crippen molar-refractivity contribution < 1.29 is 9.34 Å². The lowest BCUT2D eigenvalue weighted by Gasteiger charge is -2.10. The normalized spacial score (nSPS) is 12.7. The van der Waals surface area contributed by atoms with Crippen molar-refractivity contribution in [2.45, 2.75) is 24.3 Å². The zero-order chi connectivity index (χ0) is 15.9.